The van der Waals surface area contributed by atoms with E-state index in [0.29, 0.717) is 27.6 Å². The second kappa shape index (κ2) is 6.48. The van der Waals surface area contributed by atoms with Crippen molar-refractivity contribution in [2.75, 3.05) is 6.61 Å². The molecule has 0 unspecified atom stereocenters. The van der Waals surface area contributed by atoms with E-state index in [0.717, 1.165) is 18.5 Å². The highest BCUT2D eigenvalue weighted by molar-refractivity contribution is 7.12. The van der Waals surface area contributed by atoms with Crippen molar-refractivity contribution in [1.82, 2.24) is 14.5 Å². The van der Waals surface area contributed by atoms with Gasteiger partial charge in [0, 0.05) is 17.5 Å². The van der Waals surface area contributed by atoms with E-state index in [1.165, 1.54) is 17.5 Å². The summed E-state index contributed by atoms with van der Waals surface area (Å²) in [5, 5.41) is 3.30. The van der Waals surface area contributed by atoms with Crippen molar-refractivity contribution in [2.45, 2.75) is 32.6 Å². The topological polar surface area (TPSA) is 74.1 Å². The molecule has 0 radical (unpaired) electrons. The molecule has 0 saturated heterocycles. The summed E-state index contributed by atoms with van der Waals surface area (Å²) in [6.45, 7) is 3.66. The number of ether oxygens (including phenoxy) is 1. The first kappa shape index (κ1) is 17.2. The Hall–Kier alpha value is -2.25. The van der Waals surface area contributed by atoms with Gasteiger partial charge < -0.3 is 4.74 Å². The minimum Gasteiger partial charge on any atom is -0.462 e. The molecule has 0 amide bonds. The molecule has 0 N–H and O–H groups in total. The number of aryl methyl sites for hydroxylation is 1. The number of halogens is 1. The molecule has 0 aromatic carbocycles. The summed E-state index contributed by atoms with van der Waals surface area (Å²) in [6.07, 6.45) is 3.75. The highest BCUT2D eigenvalue weighted by Gasteiger charge is 2.27. The van der Waals surface area contributed by atoms with Crippen LogP contribution in [-0.4, -0.2) is 27.1 Å². The maximum absolute atomic E-state index is 12.9. The monoisotopic (exact) mass is 389 g/mol. The Kier molecular flexibility index (Phi) is 4.28. The second-order valence-corrected chi connectivity index (χ2v) is 7.48. The molecule has 1 saturated carbocycles. The Morgan fingerprint density at radius 1 is 1.42 bits per heavy atom. The van der Waals surface area contributed by atoms with Crippen LogP contribution in [-0.2, 0) is 4.74 Å². The number of hydrogen-bond donors (Lipinski definition) is 0. The van der Waals surface area contributed by atoms with Gasteiger partial charge in [-0.3, -0.25) is 9.36 Å². The number of aromatic nitrogens is 3. The van der Waals surface area contributed by atoms with E-state index < -0.39 is 11.4 Å². The van der Waals surface area contributed by atoms with Crippen LogP contribution in [0.4, 0.5) is 0 Å². The van der Waals surface area contributed by atoms with Crippen molar-refractivity contribution in [1.29, 1.82) is 0 Å². The molecule has 1 aliphatic rings. The summed E-state index contributed by atoms with van der Waals surface area (Å²) < 4.78 is 6.71. The Bertz CT molecular complexity index is 1090. The standard InChI is InChI=1S/C18H16ClN3O3S/c1-3-25-17(24)11-7-22(18-20-12(8-26-18)10-4-5-10)16-14(15(11)23)9(2)6-13(19)21-16/h6-8,10H,3-5H2,1-2H3. The number of hydrogen-bond acceptors (Lipinski definition) is 6. The van der Waals surface area contributed by atoms with Gasteiger partial charge in [0.05, 0.1) is 17.7 Å². The van der Waals surface area contributed by atoms with Crippen LogP contribution >= 0.6 is 22.9 Å². The van der Waals surface area contributed by atoms with Crippen molar-refractivity contribution >= 4 is 39.9 Å². The van der Waals surface area contributed by atoms with E-state index in [1.54, 1.807) is 24.5 Å². The maximum atomic E-state index is 12.9. The smallest absolute Gasteiger partial charge is 0.343 e. The molecule has 3 heterocycles. The predicted molar refractivity (Wildman–Crippen MR) is 101 cm³/mol. The zero-order valence-corrected chi connectivity index (χ0v) is 15.9. The summed E-state index contributed by atoms with van der Waals surface area (Å²) in [6, 6.07) is 1.61. The fourth-order valence-corrected chi connectivity index (χ4v) is 4.03. The molecule has 0 atom stereocenters. The maximum Gasteiger partial charge on any atom is 0.343 e. The van der Waals surface area contributed by atoms with Gasteiger partial charge in [0.15, 0.2) is 10.8 Å². The zero-order chi connectivity index (χ0) is 18.4. The van der Waals surface area contributed by atoms with Gasteiger partial charge in [-0.15, -0.1) is 11.3 Å². The second-order valence-electron chi connectivity index (χ2n) is 6.25. The number of rotatable bonds is 4. The largest absolute Gasteiger partial charge is 0.462 e. The number of pyridine rings is 2. The molecule has 0 bridgehead atoms. The normalized spacial score (nSPS) is 14.0. The molecular weight excluding hydrogens is 374 g/mol. The van der Waals surface area contributed by atoms with Crippen molar-refractivity contribution < 1.29 is 9.53 Å². The number of thiazole rings is 1. The van der Waals surface area contributed by atoms with Crippen LogP contribution in [0.15, 0.2) is 22.4 Å². The number of fused-ring (bicyclic) bond motifs is 1. The zero-order valence-electron chi connectivity index (χ0n) is 14.3. The minimum atomic E-state index is -0.651. The predicted octanol–water partition coefficient (Wildman–Crippen LogP) is 3.86. The highest BCUT2D eigenvalue weighted by atomic mass is 35.5. The van der Waals surface area contributed by atoms with Crippen LogP contribution in [0.3, 0.4) is 0 Å². The lowest BCUT2D eigenvalue weighted by Gasteiger charge is -2.11. The van der Waals surface area contributed by atoms with Crippen LogP contribution < -0.4 is 5.43 Å². The molecule has 26 heavy (non-hydrogen) atoms. The molecule has 1 aliphatic carbocycles. The molecule has 134 valence electrons. The first-order valence-electron chi connectivity index (χ1n) is 8.35. The third kappa shape index (κ3) is 2.91. The van der Waals surface area contributed by atoms with Crippen LogP contribution in [0.1, 0.15) is 47.3 Å². The Morgan fingerprint density at radius 3 is 2.88 bits per heavy atom. The van der Waals surface area contributed by atoms with Crippen molar-refractivity contribution in [2.24, 2.45) is 0 Å². The van der Waals surface area contributed by atoms with Crippen molar-refractivity contribution in [3.05, 3.63) is 49.8 Å². The third-order valence-electron chi connectivity index (χ3n) is 4.33. The Labute approximate surface area is 158 Å². The average molecular weight is 390 g/mol. The molecule has 3 aromatic heterocycles. The van der Waals surface area contributed by atoms with Gasteiger partial charge in [-0.2, -0.15) is 0 Å². The fraction of sp³-hybridized carbons (Fsp3) is 0.333. The van der Waals surface area contributed by atoms with Crippen molar-refractivity contribution in [3.8, 4) is 5.13 Å². The quantitative estimate of drug-likeness (QED) is 0.500. The average Bonchev–Trinajstić information content (AvgIpc) is 3.32. The van der Waals surface area contributed by atoms with Crippen LogP contribution in [0, 0.1) is 6.92 Å². The lowest BCUT2D eigenvalue weighted by molar-refractivity contribution is 0.0524. The van der Waals surface area contributed by atoms with Crippen LogP contribution in [0.25, 0.3) is 16.2 Å². The highest BCUT2D eigenvalue weighted by Crippen LogP contribution is 2.40. The van der Waals surface area contributed by atoms with Gasteiger partial charge in [-0.25, -0.2) is 14.8 Å². The van der Waals surface area contributed by atoms with E-state index in [-0.39, 0.29) is 17.3 Å². The lowest BCUT2D eigenvalue weighted by atomic mass is 10.1. The SMILES string of the molecule is CCOC(=O)c1cn(-c2nc(C3CC3)cs2)c2nc(Cl)cc(C)c2c1=O. The lowest BCUT2D eigenvalue weighted by Crippen LogP contribution is -2.21. The molecular formula is C18H16ClN3O3S. The van der Waals surface area contributed by atoms with Crippen LogP contribution in [0.2, 0.25) is 5.15 Å². The minimum absolute atomic E-state index is 0.0326. The number of nitrogens with zero attached hydrogens (tertiary/aromatic N) is 3. The molecule has 3 aromatic rings. The summed E-state index contributed by atoms with van der Waals surface area (Å²) in [5.41, 5.74) is 1.65. The molecule has 4 rings (SSSR count). The summed E-state index contributed by atoms with van der Waals surface area (Å²) in [7, 11) is 0. The first-order valence-corrected chi connectivity index (χ1v) is 9.60. The van der Waals surface area contributed by atoms with E-state index >= 15 is 0 Å². The number of carbonyl (C=O) groups is 1. The van der Waals surface area contributed by atoms with E-state index in [9.17, 15) is 9.59 Å². The number of carbonyl (C=O) groups excluding carboxylic acids is 1. The number of esters is 1. The fourth-order valence-electron chi connectivity index (χ4n) is 2.91. The van der Waals surface area contributed by atoms with Gasteiger partial charge in [0.25, 0.3) is 0 Å². The molecule has 6 nitrogen and oxygen atoms in total. The van der Waals surface area contributed by atoms with Gasteiger partial charge in [0.2, 0.25) is 5.43 Å². The van der Waals surface area contributed by atoms with E-state index in [2.05, 4.69) is 9.97 Å². The van der Waals surface area contributed by atoms with Gasteiger partial charge in [-0.05, 0) is 38.3 Å². The third-order valence-corrected chi connectivity index (χ3v) is 5.38. The van der Waals surface area contributed by atoms with E-state index in [4.69, 9.17) is 16.3 Å². The first-order chi connectivity index (χ1) is 12.5. The van der Waals surface area contributed by atoms with Gasteiger partial charge in [-0.1, -0.05) is 11.6 Å². The summed E-state index contributed by atoms with van der Waals surface area (Å²) in [4.78, 5) is 34.2. The van der Waals surface area contributed by atoms with Crippen LogP contribution in [0.5, 0.6) is 0 Å². The Balaban J connectivity index is 2.01. The Morgan fingerprint density at radius 2 is 2.19 bits per heavy atom. The molecule has 0 aliphatic heterocycles. The summed E-state index contributed by atoms with van der Waals surface area (Å²) in [5.74, 6) is -0.144. The van der Waals surface area contributed by atoms with Gasteiger partial charge >= 0.3 is 5.97 Å². The van der Waals surface area contributed by atoms with E-state index in [1.807, 2.05) is 5.38 Å². The molecule has 8 heteroatoms. The molecule has 1 fully saturated rings. The molecule has 0 spiro atoms. The van der Waals surface area contributed by atoms with Gasteiger partial charge in [0.1, 0.15) is 10.7 Å². The van der Waals surface area contributed by atoms with Crippen molar-refractivity contribution in [3.63, 3.8) is 0 Å². The summed E-state index contributed by atoms with van der Waals surface area (Å²) >= 11 is 7.57.